The van der Waals surface area contributed by atoms with Crippen molar-refractivity contribution in [3.63, 3.8) is 0 Å². The van der Waals surface area contributed by atoms with Crippen molar-refractivity contribution >= 4 is 13.5 Å². The van der Waals surface area contributed by atoms with Crippen molar-refractivity contribution in [1.82, 2.24) is 0 Å². The van der Waals surface area contributed by atoms with Crippen LogP contribution in [0.1, 0.15) is 11.1 Å². The summed E-state index contributed by atoms with van der Waals surface area (Å²) in [6.07, 6.45) is -0.123. The average molecular weight is 265 g/mol. The summed E-state index contributed by atoms with van der Waals surface area (Å²) in [5.74, 6) is -0.625. The molecule has 4 N–H and O–H groups in total. The van der Waals surface area contributed by atoms with Crippen LogP contribution in [0.4, 0.5) is 8.78 Å². The molecule has 0 heterocycles. The Kier molecular flexibility index (Phi) is 3.66. The van der Waals surface area contributed by atoms with E-state index in [0.29, 0.717) is 5.56 Å². The Morgan fingerprint density at radius 1 is 1.29 bits per heavy atom. The molecule has 1 aromatic rings. The van der Waals surface area contributed by atoms with E-state index in [2.05, 4.69) is 0 Å². The van der Waals surface area contributed by atoms with Crippen molar-refractivity contribution in [2.45, 2.75) is 12.1 Å². The van der Waals surface area contributed by atoms with E-state index in [1.807, 2.05) is 0 Å². The summed E-state index contributed by atoms with van der Waals surface area (Å²) in [6, 6.07) is 4.06. The molecular formula is C9H10F2NO4P. The van der Waals surface area contributed by atoms with Crippen LogP contribution in [0.15, 0.2) is 24.3 Å². The van der Waals surface area contributed by atoms with Crippen molar-refractivity contribution in [1.29, 1.82) is 0 Å². The SMILES string of the molecule is NC(=O)Cc1ccc(C(F)(F)P(=O)(O)O)cc1. The number of halogens is 2. The maximum atomic E-state index is 13.2. The van der Waals surface area contributed by atoms with Crippen molar-refractivity contribution in [3.05, 3.63) is 35.4 Å². The first kappa shape index (κ1) is 13.8. The van der Waals surface area contributed by atoms with Crippen molar-refractivity contribution < 1.29 is 27.9 Å². The van der Waals surface area contributed by atoms with Gasteiger partial charge in [-0.15, -0.1) is 0 Å². The van der Waals surface area contributed by atoms with E-state index in [-0.39, 0.29) is 6.42 Å². The van der Waals surface area contributed by atoms with Gasteiger partial charge in [-0.05, 0) is 5.56 Å². The molecule has 17 heavy (non-hydrogen) atoms. The molecule has 1 rings (SSSR count). The number of nitrogens with two attached hydrogens (primary N) is 1. The average Bonchev–Trinajstić information content (AvgIpc) is 2.15. The molecule has 0 atom stereocenters. The maximum absolute atomic E-state index is 13.2. The van der Waals surface area contributed by atoms with E-state index < -0.39 is 24.7 Å². The Balaban J connectivity index is 3.03. The lowest BCUT2D eigenvalue weighted by Gasteiger charge is -2.17. The second kappa shape index (κ2) is 4.52. The highest BCUT2D eigenvalue weighted by molar-refractivity contribution is 7.52. The summed E-state index contributed by atoms with van der Waals surface area (Å²) in [5.41, 5.74) is 0.253. The standard InChI is InChI=1S/C9H10F2NO4P/c10-9(11,17(14,15)16)7-3-1-6(2-4-7)5-8(12)13/h1-4H,5H2,(H2,12,13)(H2,14,15,16). The minimum atomic E-state index is -5.56. The number of carbonyl (C=O) groups excluding carboxylic acids is 1. The summed E-state index contributed by atoms with van der Waals surface area (Å²) < 4.78 is 37.0. The van der Waals surface area contributed by atoms with Gasteiger partial charge >= 0.3 is 13.3 Å². The molecule has 5 nitrogen and oxygen atoms in total. The smallest absolute Gasteiger partial charge is 0.369 e. The van der Waals surface area contributed by atoms with Gasteiger partial charge in [-0.3, -0.25) is 9.36 Å². The highest BCUT2D eigenvalue weighted by Crippen LogP contribution is 2.59. The van der Waals surface area contributed by atoms with E-state index in [4.69, 9.17) is 15.5 Å². The maximum Gasteiger partial charge on any atom is 0.399 e. The molecular weight excluding hydrogens is 255 g/mol. The van der Waals surface area contributed by atoms with Crippen LogP contribution < -0.4 is 5.73 Å². The molecule has 0 radical (unpaired) electrons. The fourth-order valence-electron chi connectivity index (χ4n) is 1.19. The first-order chi connectivity index (χ1) is 7.64. The Bertz CT molecular complexity index is 468. The van der Waals surface area contributed by atoms with Crippen LogP contribution >= 0.6 is 7.60 Å². The van der Waals surface area contributed by atoms with Gasteiger partial charge in [0.15, 0.2) is 0 Å². The lowest BCUT2D eigenvalue weighted by Crippen LogP contribution is -2.15. The predicted octanol–water partition coefficient (Wildman–Crippen LogP) is 0.941. The third-order valence-corrected chi connectivity index (χ3v) is 3.04. The van der Waals surface area contributed by atoms with Crippen molar-refractivity contribution in [2.24, 2.45) is 5.73 Å². The molecule has 0 aliphatic heterocycles. The molecule has 1 amide bonds. The van der Waals surface area contributed by atoms with Gasteiger partial charge in [-0.25, -0.2) is 0 Å². The highest BCUT2D eigenvalue weighted by Gasteiger charge is 2.50. The van der Waals surface area contributed by atoms with Gasteiger partial charge in [-0.2, -0.15) is 8.78 Å². The normalized spacial score (nSPS) is 12.5. The van der Waals surface area contributed by atoms with Gasteiger partial charge in [0, 0.05) is 5.56 Å². The lowest BCUT2D eigenvalue weighted by atomic mass is 10.1. The molecule has 0 aliphatic rings. The number of hydrogen-bond donors (Lipinski definition) is 3. The van der Waals surface area contributed by atoms with Crippen LogP contribution in [0.2, 0.25) is 0 Å². The summed E-state index contributed by atoms with van der Waals surface area (Å²) in [7, 11) is -5.56. The lowest BCUT2D eigenvalue weighted by molar-refractivity contribution is -0.117. The van der Waals surface area contributed by atoms with E-state index in [9.17, 15) is 18.1 Å². The number of amides is 1. The zero-order chi connectivity index (χ0) is 13.3. The zero-order valence-corrected chi connectivity index (χ0v) is 9.40. The largest absolute Gasteiger partial charge is 0.399 e. The highest BCUT2D eigenvalue weighted by atomic mass is 31.2. The van der Waals surface area contributed by atoms with Crippen LogP contribution in [-0.4, -0.2) is 15.7 Å². The monoisotopic (exact) mass is 265 g/mol. The minimum absolute atomic E-state index is 0.123. The van der Waals surface area contributed by atoms with Crippen LogP contribution in [0.25, 0.3) is 0 Å². The number of hydrogen-bond acceptors (Lipinski definition) is 2. The summed E-state index contributed by atoms with van der Waals surface area (Å²) in [5, 5.41) is 0. The second-order valence-electron chi connectivity index (χ2n) is 3.43. The zero-order valence-electron chi connectivity index (χ0n) is 8.51. The predicted molar refractivity (Wildman–Crippen MR) is 55.3 cm³/mol. The van der Waals surface area contributed by atoms with E-state index in [0.717, 1.165) is 12.1 Å². The van der Waals surface area contributed by atoms with Crippen molar-refractivity contribution in [3.8, 4) is 0 Å². The molecule has 8 heteroatoms. The van der Waals surface area contributed by atoms with Gasteiger partial charge in [-0.1, -0.05) is 24.3 Å². The number of rotatable bonds is 4. The molecule has 0 unspecified atom stereocenters. The second-order valence-corrected chi connectivity index (χ2v) is 5.08. The van der Waals surface area contributed by atoms with Crippen LogP contribution in [0.3, 0.4) is 0 Å². The molecule has 0 aliphatic carbocycles. The van der Waals surface area contributed by atoms with E-state index >= 15 is 0 Å². The van der Waals surface area contributed by atoms with Gasteiger partial charge < -0.3 is 15.5 Å². The van der Waals surface area contributed by atoms with E-state index in [1.165, 1.54) is 12.1 Å². The Hall–Kier alpha value is -1.30. The Morgan fingerprint density at radius 3 is 2.12 bits per heavy atom. The van der Waals surface area contributed by atoms with Gasteiger partial charge in [0.25, 0.3) is 0 Å². The first-order valence-corrected chi connectivity index (χ1v) is 6.07. The van der Waals surface area contributed by atoms with Crippen molar-refractivity contribution in [2.75, 3.05) is 0 Å². The first-order valence-electron chi connectivity index (χ1n) is 4.46. The molecule has 0 aromatic heterocycles. The molecule has 0 saturated carbocycles. The number of benzene rings is 1. The molecule has 0 fully saturated rings. The Labute approximate surface area is 95.4 Å². The van der Waals surface area contributed by atoms with Gasteiger partial charge in [0.1, 0.15) is 0 Å². The number of carbonyl (C=O) groups is 1. The molecule has 0 bridgehead atoms. The van der Waals surface area contributed by atoms with Gasteiger partial charge in [0.2, 0.25) is 5.91 Å². The third-order valence-electron chi connectivity index (χ3n) is 2.05. The molecule has 94 valence electrons. The third kappa shape index (κ3) is 3.09. The summed E-state index contributed by atoms with van der Waals surface area (Å²) in [4.78, 5) is 27.6. The summed E-state index contributed by atoms with van der Waals surface area (Å²) in [6.45, 7) is 0. The number of primary amides is 1. The summed E-state index contributed by atoms with van der Waals surface area (Å²) >= 11 is 0. The number of alkyl halides is 2. The van der Waals surface area contributed by atoms with E-state index in [1.54, 1.807) is 0 Å². The fourth-order valence-corrected chi connectivity index (χ4v) is 1.68. The van der Waals surface area contributed by atoms with Crippen LogP contribution in [0, 0.1) is 0 Å². The molecule has 0 spiro atoms. The molecule has 1 aromatic carbocycles. The fraction of sp³-hybridized carbons (Fsp3) is 0.222. The van der Waals surface area contributed by atoms with Crippen LogP contribution in [0.5, 0.6) is 0 Å². The minimum Gasteiger partial charge on any atom is -0.369 e. The topological polar surface area (TPSA) is 101 Å². The van der Waals surface area contributed by atoms with Crippen LogP contribution in [-0.2, 0) is 21.4 Å². The Morgan fingerprint density at radius 2 is 1.76 bits per heavy atom. The van der Waals surface area contributed by atoms with Gasteiger partial charge in [0.05, 0.1) is 6.42 Å². The quantitative estimate of drug-likeness (QED) is 0.705. The molecule has 0 saturated heterocycles.